The molecule has 2 heterocycles. The molecular formula is C26H42N4S. The Morgan fingerprint density at radius 1 is 1.06 bits per heavy atom. The second kappa shape index (κ2) is 18.1. The van der Waals surface area contributed by atoms with Gasteiger partial charge in [0.25, 0.3) is 0 Å². The number of nitrogens with two attached hydrogens (primary N) is 2. The Morgan fingerprint density at radius 2 is 1.71 bits per heavy atom. The van der Waals surface area contributed by atoms with Crippen molar-refractivity contribution in [2.45, 2.75) is 61.8 Å². The van der Waals surface area contributed by atoms with Crippen LogP contribution in [0.25, 0.3) is 0 Å². The molecule has 3 rings (SSSR count). The molecule has 0 spiro atoms. The van der Waals surface area contributed by atoms with Gasteiger partial charge in [-0.3, -0.25) is 0 Å². The van der Waals surface area contributed by atoms with Crippen molar-refractivity contribution in [1.82, 2.24) is 4.98 Å². The molecule has 0 aliphatic carbocycles. The van der Waals surface area contributed by atoms with E-state index in [1.54, 1.807) is 17.8 Å². The van der Waals surface area contributed by atoms with Crippen molar-refractivity contribution >= 4 is 29.1 Å². The van der Waals surface area contributed by atoms with Crippen molar-refractivity contribution in [2.75, 3.05) is 16.8 Å². The highest BCUT2D eigenvalue weighted by atomic mass is 32.2. The minimum atomic E-state index is 0. The van der Waals surface area contributed by atoms with Crippen molar-refractivity contribution in [3.8, 4) is 0 Å². The van der Waals surface area contributed by atoms with E-state index in [0.29, 0.717) is 5.82 Å². The third-order valence-corrected chi connectivity index (χ3v) is 4.93. The van der Waals surface area contributed by atoms with E-state index in [2.05, 4.69) is 42.0 Å². The third-order valence-electron chi connectivity index (χ3n) is 3.87. The normalized spacial score (nSPS) is 11.3. The summed E-state index contributed by atoms with van der Waals surface area (Å²) in [7, 11) is 0. The predicted molar refractivity (Wildman–Crippen MR) is 145 cm³/mol. The highest BCUT2D eigenvalue weighted by Crippen LogP contribution is 2.31. The number of nitrogen functional groups attached to an aromatic ring is 2. The van der Waals surface area contributed by atoms with E-state index in [1.807, 2.05) is 65.0 Å². The summed E-state index contributed by atoms with van der Waals surface area (Å²) >= 11 is 1.64. The number of hydrogen-bond donors (Lipinski definition) is 3. The summed E-state index contributed by atoms with van der Waals surface area (Å²) in [4.78, 5) is 5.35. The quantitative estimate of drug-likeness (QED) is 0.419. The standard InChI is InChI=1S/C12H13N3S.C9H13N.2C2H6.CH4/c1-2-9-5-3-8-12(16-9)15-11-7-4-6-10(13)14-11;1-3-8-6-4-5-7(2)9(8)10;2*1-2;/h2,4-8H,1,3H2,(H3,13,14,15);4-6H,3,10H2,1-2H3;2*1-2H3;1H4. The monoisotopic (exact) mass is 442 g/mol. The fraction of sp³-hybridized carbons (Fsp3) is 0.346. The van der Waals surface area contributed by atoms with Crippen LogP contribution in [0.4, 0.5) is 17.3 Å². The summed E-state index contributed by atoms with van der Waals surface area (Å²) in [6, 6.07) is 11.7. The molecule has 2 aromatic rings. The summed E-state index contributed by atoms with van der Waals surface area (Å²) in [5, 5.41) is 4.30. The van der Waals surface area contributed by atoms with E-state index in [-0.39, 0.29) is 7.43 Å². The molecule has 0 atom stereocenters. The van der Waals surface area contributed by atoms with Crippen LogP contribution in [0.1, 0.15) is 59.6 Å². The Morgan fingerprint density at radius 3 is 2.26 bits per heavy atom. The van der Waals surface area contributed by atoms with Gasteiger partial charge in [0.1, 0.15) is 11.6 Å². The number of rotatable bonds is 4. The molecule has 0 bridgehead atoms. The number of benzene rings is 1. The van der Waals surface area contributed by atoms with Crippen molar-refractivity contribution in [2.24, 2.45) is 0 Å². The molecule has 4 nitrogen and oxygen atoms in total. The van der Waals surface area contributed by atoms with Gasteiger partial charge in [0.2, 0.25) is 0 Å². The molecule has 0 saturated heterocycles. The van der Waals surface area contributed by atoms with Crippen LogP contribution in [0.5, 0.6) is 0 Å². The molecule has 1 aromatic carbocycles. The third kappa shape index (κ3) is 11.3. The van der Waals surface area contributed by atoms with Crippen molar-refractivity contribution < 1.29 is 0 Å². The summed E-state index contributed by atoms with van der Waals surface area (Å²) in [6.07, 6.45) is 8.04. The Bertz CT molecular complexity index is 826. The zero-order valence-electron chi connectivity index (χ0n) is 19.3. The zero-order chi connectivity index (χ0) is 22.9. The average Bonchev–Trinajstić information content (AvgIpc) is 2.79. The minimum Gasteiger partial charge on any atom is -0.398 e. The van der Waals surface area contributed by atoms with E-state index in [4.69, 9.17) is 11.5 Å². The highest BCUT2D eigenvalue weighted by Gasteiger charge is 2.06. The summed E-state index contributed by atoms with van der Waals surface area (Å²) in [5.74, 6) is 1.29. The van der Waals surface area contributed by atoms with Crippen LogP contribution in [0.15, 0.2) is 71.1 Å². The van der Waals surface area contributed by atoms with Crippen LogP contribution in [0.2, 0.25) is 0 Å². The topological polar surface area (TPSA) is 77.0 Å². The molecule has 0 saturated carbocycles. The Labute approximate surface area is 194 Å². The number of nitrogens with zero attached hydrogens (tertiary/aromatic N) is 1. The van der Waals surface area contributed by atoms with E-state index >= 15 is 0 Å². The number of allylic oxidation sites excluding steroid dienone is 3. The number of aromatic nitrogens is 1. The smallest absolute Gasteiger partial charge is 0.133 e. The van der Waals surface area contributed by atoms with Gasteiger partial charge in [-0.1, -0.05) is 103 Å². The molecule has 0 fully saturated rings. The fourth-order valence-corrected chi connectivity index (χ4v) is 3.24. The predicted octanol–water partition coefficient (Wildman–Crippen LogP) is 7.95. The molecule has 5 heteroatoms. The lowest BCUT2D eigenvalue weighted by atomic mass is 10.1. The zero-order valence-corrected chi connectivity index (χ0v) is 20.1. The molecule has 0 unspecified atom stereocenters. The fourth-order valence-electron chi connectivity index (χ4n) is 2.39. The molecule has 5 N–H and O–H groups in total. The first kappa shape index (κ1) is 30.5. The maximum absolute atomic E-state index is 5.79. The van der Waals surface area contributed by atoms with E-state index in [1.165, 1.54) is 11.1 Å². The second-order valence-corrected chi connectivity index (χ2v) is 6.91. The summed E-state index contributed by atoms with van der Waals surface area (Å²) < 4.78 is 0. The Hall–Kier alpha value is -2.66. The van der Waals surface area contributed by atoms with E-state index in [9.17, 15) is 0 Å². The largest absolute Gasteiger partial charge is 0.398 e. The molecule has 1 aromatic heterocycles. The molecule has 172 valence electrons. The van der Waals surface area contributed by atoms with Gasteiger partial charge in [0, 0.05) is 10.6 Å². The highest BCUT2D eigenvalue weighted by molar-refractivity contribution is 8.07. The van der Waals surface area contributed by atoms with Crippen LogP contribution in [-0.4, -0.2) is 4.98 Å². The van der Waals surface area contributed by atoms with Gasteiger partial charge < -0.3 is 16.8 Å². The number of pyridine rings is 1. The SMILES string of the molecule is C.C=CC1=CCC=C(Nc2cccc(N)n2)S1.CC.CC.CCc1cccc(C)c1N. The van der Waals surface area contributed by atoms with Crippen LogP contribution >= 0.6 is 11.8 Å². The van der Waals surface area contributed by atoms with Crippen molar-refractivity contribution in [3.05, 3.63) is 82.3 Å². The average molecular weight is 443 g/mol. The molecule has 0 amide bonds. The van der Waals surface area contributed by atoms with Gasteiger partial charge in [-0.25, -0.2) is 4.98 Å². The van der Waals surface area contributed by atoms with Gasteiger partial charge in [-0.15, -0.1) is 0 Å². The Kier molecular flexibility index (Phi) is 17.9. The molecule has 31 heavy (non-hydrogen) atoms. The molecule has 1 aliphatic rings. The lowest BCUT2D eigenvalue weighted by Gasteiger charge is -2.13. The first-order valence-electron chi connectivity index (χ1n) is 10.6. The van der Waals surface area contributed by atoms with Gasteiger partial charge in [-0.05, 0) is 43.0 Å². The summed E-state index contributed by atoms with van der Waals surface area (Å²) in [5.41, 5.74) is 14.8. The maximum atomic E-state index is 5.79. The van der Waals surface area contributed by atoms with Crippen LogP contribution in [0.3, 0.4) is 0 Å². The van der Waals surface area contributed by atoms with E-state index < -0.39 is 0 Å². The first-order valence-corrected chi connectivity index (χ1v) is 11.4. The number of aryl methyl sites for hydroxylation is 2. The minimum absolute atomic E-state index is 0. The number of nitrogens with one attached hydrogen (secondary N) is 1. The van der Waals surface area contributed by atoms with Crippen LogP contribution < -0.4 is 16.8 Å². The molecule has 0 radical (unpaired) electrons. The lowest BCUT2D eigenvalue weighted by Crippen LogP contribution is -2.01. The number of para-hydroxylation sites is 1. The van der Waals surface area contributed by atoms with Gasteiger partial charge in [0.15, 0.2) is 0 Å². The van der Waals surface area contributed by atoms with Crippen LogP contribution in [0, 0.1) is 6.92 Å². The van der Waals surface area contributed by atoms with Gasteiger partial charge >= 0.3 is 0 Å². The molecular weight excluding hydrogens is 400 g/mol. The van der Waals surface area contributed by atoms with E-state index in [0.717, 1.165) is 34.3 Å². The van der Waals surface area contributed by atoms with Gasteiger partial charge in [-0.2, -0.15) is 0 Å². The Balaban J connectivity index is 0. The summed E-state index contributed by atoms with van der Waals surface area (Å²) in [6.45, 7) is 15.9. The van der Waals surface area contributed by atoms with Crippen molar-refractivity contribution in [1.29, 1.82) is 0 Å². The number of thioether (sulfide) groups is 1. The lowest BCUT2D eigenvalue weighted by molar-refractivity contribution is 1.14. The van der Waals surface area contributed by atoms with Crippen molar-refractivity contribution in [3.63, 3.8) is 0 Å². The van der Waals surface area contributed by atoms with Crippen LogP contribution in [-0.2, 0) is 6.42 Å². The van der Waals surface area contributed by atoms with Gasteiger partial charge in [0.05, 0.1) is 5.03 Å². The second-order valence-electron chi connectivity index (χ2n) is 5.79. The number of hydrogen-bond acceptors (Lipinski definition) is 5. The number of anilines is 3. The molecule has 1 aliphatic heterocycles. The first-order chi connectivity index (χ1) is 14.5. The maximum Gasteiger partial charge on any atom is 0.133 e.